The first-order valence-corrected chi connectivity index (χ1v) is 4.82. The highest BCUT2D eigenvalue weighted by molar-refractivity contribution is 6.74. The largest absolute Gasteiger partial charge is 0.510 e. The van der Waals surface area contributed by atoms with Crippen LogP contribution in [0.25, 0.3) is 0 Å². The van der Waals surface area contributed by atoms with Crippen LogP contribution in [0.5, 0.6) is 5.75 Å². The van der Waals surface area contributed by atoms with Gasteiger partial charge in [-0.3, -0.25) is 4.79 Å². The fourth-order valence-corrected chi connectivity index (χ4v) is 1.39. The Morgan fingerprint density at radius 2 is 1.94 bits per heavy atom. The molecular weight excluding hydrogens is 236 g/mol. The number of methoxy groups -OCH3 is 2. The van der Waals surface area contributed by atoms with E-state index in [0.29, 0.717) is 0 Å². The minimum absolute atomic E-state index is 0.104. The van der Waals surface area contributed by atoms with Crippen molar-refractivity contribution in [1.29, 1.82) is 0 Å². The van der Waals surface area contributed by atoms with Gasteiger partial charge in [-0.2, -0.15) is 0 Å². The van der Waals surface area contributed by atoms with Crippen molar-refractivity contribution in [3.63, 3.8) is 0 Å². The van der Waals surface area contributed by atoms with Crippen molar-refractivity contribution in [2.45, 2.75) is 6.42 Å². The summed E-state index contributed by atoms with van der Waals surface area (Å²) in [6, 6.07) is 3.49. The lowest BCUT2D eigenvalue weighted by Crippen LogP contribution is -2.37. The summed E-state index contributed by atoms with van der Waals surface area (Å²) in [6.45, 7) is -5.19. The maximum absolute atomic E-state index is 12.8. The molecule has 0 spiro atoms. The molecule has 0 aromatic heterocycles. The van der Waals surface area contributed by atoms with E-state index in [4.69, 9.17) is 4.74 Å². The summed E-state index contributed by atoms with van der Waals surface area (Å²) in [7, 11) is 2.41. The van der Waals surface area contributed by atoms with E-state index in [1.165, 1.54) is 19.2 Å². The first kappa shape index (κ1) is 13.4. The molecule has 0 saturated heterocycles. The summed E-state index contributed by atoms with van der Waals surface area (Å²) in [5, 5.41) is 0. The van der Waals surface area contributed by atoms with Gasteiger partial charge in [-0.15, -0.1) is 5.46 Å². The third-order valence-corrected chi connectivity index (χ3v) is 2.27. The smallest absolute Gasteiger partial charge is 0.497 e. The highest BCUT2D eigenvalue weighted by Gasteiger charge is 2.29. The van der Waals surface area contributed by atoms with Crippen LogP contribution in [0.3, 0.4) is 0 Å². The zero-order chi connectivity index (χ0) is 13.1. The van der Waals surface area contributed by atoms with Crippen molar-refractivity contribution in [2.24, 2.45) is 0 Å². The first-order chi connectivity index (χ1) is 7.88. The SMILES string of the molecule is COC(=O)Cc1ccc(OC)cc1[B-](F)(F)F. The summed E-state index contributed by atoms with van der Waals surface area (Å²) < 4.78 is 47.4. The standard InChI is InChI=1S/C10H11BF3O3/c1-16-8-4-3-7(5-10(15)17-2)9(6-8)11(12,13)14/h3-4,6H,5H2,1-2H3/q-1. The van der Waals surface area contributed by atoms with Gasteiger partial charge in [-0.25, -0.2) is 0 Å². The van der Waals surface area contributed by atoms with E-state index < -0.39 is 24.8 Å². The Kier molecular flexibility index (Phi) is 4.04. The molecule has 17 heavy (non-hydrogen) atoms. The summed E-state index contributed by atoms with van der Waals surface area (Å²) in [4.78, 5) is 11.0. The Labute approximate surface area is 96.6 Å². The fraction of sp³-hybridized carbons (Fsp3) is 0.300. The Hall–Kier alpha value is -1.66. The number of benzene rings is 1. The Balaban J connectivity index is 3.16. The highest BCUT2D eigenvalue weighted by atomic mass is 19.4. The molecule has 0 heterocycles. The van der Waals surface area contributed by atoms with Crippen molar-refractivity contribution >= 4 is 18.4 Å². The molecule has 0 aliphatic carbocycles. The van der Waals surface area contributed by atoms with E-state index in [-0.39, 0.29) is 11.3 Å². The van der Waals surface area contributed by atoms with E-state index >= 15 is 0 Å². The fourth-order valence-electron chi connectivity index (χ4n) is 1.39. The lowest BCUT2D eigenvalue weighted by molar-refractivity contribution is -0.139. The second-order valence-electron chi connectivity index (χ2n) is 3.39. The van der Waals surface area contributed by atoms with Gasteiger partial charge in [-0.05, 0) is 12.1 Å². The number of esters is 1. The van der Waals surface area contributed by atoms with Gasteiger partial charge in [-0.1, -0.05) is 11.6 Å². The van der Waals surface area contributed by atoms with Gasteiger partial charge in [0.1, 0.15) is 5.75 Å². The predicted octanol–water partition coefficient (Wildman–Crippen LogP) is 1.47. The molecule has 1 aromatic rings. The number of hydrogen-bond donors (Lipinski definition) is 0. The van der Waals surface area contributed by atoms with Crippen LogP contribution in [0.4, 0.5) is 12.9 Å². The predicted molar refractivity (Wildman–Crippen MR) is 57.4 cm³/mol. The molecule has 0 aliphatic rings. The lowest BCUT2D eigenvalue weighted by Gasteiger charge is -2.20. The monoisotopic (exact) mass is 247 g/mol. The molecule has 1 aromatic carbocycles. The van der Waals surface area contributed by atoms with Gasteiger partial charge >= 0.3 is 12.9 Å². The first-order valence-electron chi connectivity index (χ1n) is 4.82. The van der Waals surface area contributed by atoms with Crippen LogP contribution < -0.4 is 10.2 Å². The molecule has 0 N–H and O–H groups in total. The van der Waals surface area contributed by atoms with Crippen LogP contribution in [0.1, 0.15) is 5.56 Å². The Bertz CT molecular complexity index is 418. The van der Waals surface area contributed by atoms with Gasteiger partial charge < -0.3 is 22.4 Å². The second kappa shape index (κ2) is 5.12. The van der Waals surface area contributed by atoms with Crippen molar-refractivity contribution in [3.8, 4) is 5.75 Å². The maximum atomic E-state index is 12.8. The third kappa shape index (κ3) is 3.40. The molecule has 1 rings (SSSR count). The van der Waals surface area contributed by atoms with Gasteiger partial charge in [0.05, 0.1) is 20.6 Å². The second-order valence-corrected chi connectivity index (χ2v) is 3.39. The van der Waals surface area contributed by atoms with E-state index in [1.54, 1.807) is 0 Å². The highest BCUT2D eigenvalue weighted by Crippen LogP contribution is 2.18. The molecule has 7 heteroatoms. The number of hydrogen-bond acceptors (Lipinski definition) is 3. The molecule has 0 bridgehead atoms. The number of carbonyl (C=O) groups excluding carboxylic acids is 1. The van der Waals surface area contributed by atoms with Crippen molar-refractivity contribution < 1.29 is 27.2 Å². The molecule has 0 radical (unpaired) electrons. The molecular formula is C10H11BF3O3-. The summed E-state index contributed by atoms with van der Waals surface area (Å²) in [5.74, 6) is -0.607. The van der Waals surface area contributed by atoms with Crippen LogP contribution in [-0.4, -0.2) is 27.2 Å². The topological polar surface area (TPSA) is 35.5 Å². The van der Waals surface area contributed by atoms with Crippen LogP contribution in [0.15, 0.2) is 18.2 Å². The minimum Gasteiger partial charge on any atom is -0.497 e. The summed E-state index contributed by atoms with van der Waals surface area (Å²) in [5.41, 5.74) is -0.931. The molecule has 0 atom stereocenters. The molecule has 3 nitrogen and oxygen atoms in total. The molecule has 0 fully saturated rings. The van der Waals surface area contributed by atoms with E-state index in [1.807, 2.05) is 0 Å². The molecule has 0 saturated carbocycles. The summed E-state index contributed by atoms with van der Waals surface area (Å²) in [6.07, 6.45) is -0.406. The van der Waals surface area contributed by atoms with Crippen LogP contribution in [0, 0.1) is 0 Å². The van der Waals surface area contributed by atoms with Crippen molar-refractivity contribution in [2.75, 3.05) is 14.2 Å². The van der Waals surface area contributed by atoms with Crippen molar-refractivity contribution in [1.82, 2.24) is 0 Å². The average Bonchev–Trinajstić information content (AvgIpc) is 2.28. The van der Waals surface area contributed by atoms with Crippen LogP contribution in [0.2, 0.25) is 0 Å². The van der Waals surface area contributed by atoms with Crippen LogP contribution in [-0.2, 0) is 16.0 Å². The van der Waals surface area contributed by atoms with E-state index in [0.717, 1.165) is 13.2 Å². The van der Waals surface area contributed by atoms with Gasteiger partial charge in [0.15, 0.2) is 0 Å². The Morgan fingerprint density at radius 3 is 2.41 bits per heavy atom. The zero-order valence-corrected chi connectivity index (χ0v) is 9.38. The molecule has 0 amide bonds. The zero-order valence-electron chi connectivity index (χ0n) is 9.38. The normalized spacial score (nSPS) is 11.1. The summed E-state index contributed by atoms with van der Waals surface area (Å²) >= 11 is 0. The number of halogens is 3. The minimum atomic E-state index is -5.19. The molecule has 0 unspecified atom stereocenters. The van der Waals surface area contributed by atoms with Gasteiger partial charge in [0, 0.05) is 0 Å². The Morgan fingerprint density at radius 1 is 1.29 bits per heavy atom. The third-order valence-electron chi connectivity index (χ3n) is 2.27. The lowest BCUT2D eigenvalue weighted by atomic mass is 9.76. The quantitative estimate of drug-likeness (QED) is 0.596. The van der Waals surface area contributed by atoms with E-state index in [2.05, 4.69) is 4.74 Å². The van der Waals surface area contributed by atoms with Gasteiger partial charge in [0.2, 0.25) is 0 Å². The van der Waals surface area contributed by atoms with Crippen molar-refractivity contribution in [3.05, 3.63) is 23.8 Å². The number of rotatable bonds is 4. The maximum Gasteiger partial charge on any atom is 0.510 e. The number of carbonyl (C=O) groups is 1. The van der Waals surface area contributed by atoms with E-state index in [9.17, 15) is 17.7 Å². The van der Waals surface area contributed by atoms with Crippen LogP contribution >= 0.6 is 0 Å². The number of ether oxygens (including phenoxy) is 2. The average molecular weight is 247 g/mol. The molecule has 0 aliphatic heterocycles. The molecule has 94 valence electrons. The van der Waals surface area contributed by atoms with Gasteiger partial charge in [0.25, 0.3) is 0 Å².